The fraction of sp³-hybridized carbons (Fsp3) is 0.200. The van der Waals surface area contributed by atoms with Gasteiger partial charge in [-0.1, -0.05) is 23.9 Å². The third-order valence-corrected chi connectivity index (χ3v) is 5.45. The molecule has 1 aromatic heterocycles. The molecule has 11 heteroatoms. The van der Waals surface area contributed by atoms with Crippen LogP contribution >= 0.6 is 11.8 Å². The van der Waals surface area contributed by atoms with Gasteiger partial charge in [-0.15, -0.1) is 13.2 Å². The van der Waals surface area contributed by atoms with Crippen molar-refractivity contribution in [3.05, 3.63) is 54.4 Å². The predicted octanol–water partition coefficient (Wildman–Crippen LogP) is 4.07. The number of aromatic nitrogens is 2. The number of fused-ring (bicyclic) bond motifs is 1. The number of amides is 2. The van der Waals surface area contributed by atoms with Crippen LogP contribution in [-0.2, 0) is 16.0 Å². The second kappa shape index (κ2) is 8.42. The number of nitrogens with zero attached hydrogens (tertiary/aromatic N) is 2. The highest BCUT2D eigenvalue weighted by Crippen LogP contribution is 2.28. The van der Waals surface area contributed by atoms with Crippen molar-refractivity contribution in [2.24, 2.45) is 4.99 Å². The van der Waals surface area contributed by atoms with Crippen molar-refractivity contribution in [3.63, 3.8) is 0 Å². The van der Waals surface area contributed by atoms with Crippen molar-refractivity contribution >= 4 is 45.3 Å². The summed E-state index contributed by atoms with van der Waals surface area (Å²) in [5.74, 6) is -0.571. The van der Waals surface area contributed by atoms with Crippen molar-refractivity contribution in [1.82, 2.24) is 9.97 Å². The number of benzene rings is 2. The van der Waals surface area contributed by atoms with Crippen molar-refractivity contribution in [2.75, 3.05) is 5.32 Å². The second-order valence-corrected chi connectivity index (χ2v) is 7.93. The van der Waals surface area contributed by atoms with E-state index in [0.717, 1.165) is 23.2 Å². The zero-order valence-corrected chi connectivity index (χ0v) is 16.6. The maximum absolute atomic E-state index is 12.3. The van der Waals surface area contributed by atoms with Crippen molar-refractivity contribution in [1.29, 1.82) is 0 Å². The van der Waals surface area contributed by atoms with Gasteiger partial charge in [0.15, 0.2) is 0 Å². The molecule has 0 unspecified atom stereocenters. The molecule has 0 radical (unpaired) electrons. The van der Waals surface area contributed by atoms with Gasteiger partial charge in [0.25, 0.3) is 5.91 Å². The van der Waals surface area contributed by atoms with Gasteiger partial charge in [0.1, 0.15) is 16.8 Å². The number of thioether (sulfide) groups is 1. The number of halogens is 3. The van der Waals surface area contributed by atoms with Crippen molar-refractivity contribution in [2.45, 2.75) is 24.5 Å². The molecule has 2 N–H and O–H groups in total. The molecule has 0 bridgehead atoms. The molecule has 2 heterocycles. The highest BCUT2D eigenvalue weighted by Gasteiger charge is 2.32. The Hall–Kier alpha value is -3.34. The van der Waals surface area contributed by atoms with E-state index in [1.54, 1.807) is 0 Å². The lowest BCUT2D eigenvalue weighted by atomic mass is 10.2. The fourth-order valence-corrected chi connectivity index (χ4v) is 4.08. The van der Waals surface area contributed by atoms with E-state index in [1.807, 2.05) is 24.3 Å². The molecule has 0 spiro atoms. The number of carbonyl (C=O) groups is 2. The van der Waals surface area contributed by atoms with E-state index in [1.165, 1.54) is 23.9 Å². The number of aromatic amines is 1. The lowest BCUT2D eigenvalue weighted by molar-refractivity contribution is -0.274. The lowest BCUT2D eigenvalue weighted by Gasteiger charge is -2.11. The summed E-state index contributed by atoms with van der Waals surface area (Å²) >= 11 is 1.21. The van der Waals surface area contributed by atoms with Crippen LogP contribution < -0.4 is 10.1 Å². The van der Waals surface area contributed by atoms with Crippen LogP contribution in [-0.4, -0.2) is 38.4 Å². The summed E-state index contributed by atoms with van der Waals surface area (Å²) in [5.41, 5.74) is 1.99. The van der Waals surface area contributed by atoms with E-state index >= 15 is 0 Å². The molecule has 1 aliphatic rings. The number of imidazole rings is 1. The third kappa shape index (κ3) is 5.43. The molecule has 0 saturated heterocycles. The number of hydrogen-bond acceptors (Lipinski definition) is 5. The number of rotatable bonds is 6. The van der Waals surface area contributed by atoms with Gasteiger partial charge in [0, 0.05) is 12.1 Å². The minimum absolute atomic E-state index is 0.114. The lowest BCUT2D eigenvalue weighted by Crippen LogP contribution is -2.21. The molecule has 0 fully saturated rings. The van der Waals surface area contributed by atoms with Crippen LogP contribution in [0.4, 0.5) is 18.9 Å². The number of alkyl halides is 3. The SMILES string of the molecule is O=C(C[C@H]1SC(Cc2nc3ccccc3[nH]2)=NC1=O)Nc1ccc(OC(F)(F)F)cc1. The normalized spacial score (nSPS) is 16.4. The monoisotopic (exact) mass is 448 g/mol. The molecule has 1 aliphatic heterocycles. The highest BCUT2D eigenvalue weighted by molar-refractivity contribution is 8.15. The summed E-state index contributed by atoms with van der Waals surface area (Å²) < 4.78 is 40.4. The highest BCUT2D eigenvalue weighted by atomic mass is 32.2. The first-order valence-corrected chi connectivity index (χ1v) is 10.0. The van der Waals surface area contributed by atoms with Gasteiger partial charge in [-0.2, -0.15) is 0 Å². The maximum Gasteiger partial charge on any atom is 0.573 e. The van der Waals surface area contributed by atoms with Crippen LogP contribution in [0.3, 0.4) is 0 Å². The van der Waals surface area contributed by atoms with E-state index in [-0.39, 0.29) is 6.42 Å². The topological polar surface area (TPSA) is 96.4 Å². The minimum Gasteiger partial charge on any atom is -0.406 e. The average molecular weight is 448 g/mol. The molecular weight excluding hydrogens is 433 g/mol. The van der Waals surface area contributed by atoms with Crippen molar-refractivity contribution < 1.29 is 27.5 Å². The molecule has 7 nitrogen and oxygen atoms in total. The van der Waals surface area contributed by atoms with Gasteiger partial charge in [-0.05, 0) is 36.4 Å². The average Bonchev–Trinajstić information content (AvgIpc) is 3.24. The molecule has 3 aromatic rings. The Morgan fingerprint density at radius 1 is 1.16 bits per heavy atom. The number of para-hydroxylation sites is 2. The summed E-state index contributed by atoms with van der Waals surface area (Å²) in [6.45, 7) is 0. The van der Waals surface area contributed by atoms with Gasteiger partial charge in [0.2, 0.25) is 5.91 Å². The number of carbonyl (C=O) groups excluding carboxylic acids is 2. The summed E-state index contributed by atoms with van der Waals surface area (Å²) in [4.78, 5) is 36.1. The Bertz CT molecular complexity index is 1130. The van der Waals surface area contributed by atoms with E-state index < -0.39 is 29.2 Å². The summed E-state index contributed by atoms with van der Waals surface area (Å²) in [6.07, 6.45) is -4.55. The molecule has 31 heavy (non-hydrogen) atoms. The van der Waals surface area contributed by atoms with Crippen LogP contribution in [0.5, 0.6) is 5.75 Å². The molecular formula is C20H15F3N4O3S. The fourth-order valence-electron chi connectivity index (χ4n) is 3.00. The first kappa shape index (κ1) is 20.9. The van der Waals surface area contributed by atoms with Crippen LogP contribution in [0, 0.1) is 0 Å². The standard InChI is InChI=1S/C20H15F3N4O3S/c21-20(22,23)30-12-7-5-11(6-8-12)24-17(28)9-15-19(29)27-18(31-15)10-16-25-13-3-1-2-4-14(13)26-16/h1-8,15H,9-10H2,(H,24,28)(H,25,26)/t15-/m1/s1. The van der Waals surface area contributed by atoms with Crippen molar-refractivity contribution in [3.8, 4) is 5.75 Å². The van der Waals surface area contributed by atoms with Crippen LogP contribution in [0.25, 0.3) is 11.0 Å². The van der Waals surface area contributed by atoms with E-state index in [9.17, 15) is 22.8 Å². The first-order valence-electron chi connectivity index (χ1n) is 9.12. The molecule has 0 aliphatic carbocycles. The molecule has 2 amide bonds. The third-order valence-electron chi connectivity index (χ3n) is 4.29. The largest absolute Gasteiger partial charge is 0.573 e. The Labute approximate surface area is 178 Å². The van der Waals surface area contributed by atoms with Gasteiger partial charge in [-0.25, -0.2) is 9.98 Å². The van der Waals surface area contributed by atoms with E-state index in [0.29, 0.717) is 23.0 Å². The Morgan fingerprint density at radius 3 is 2.61 bits per heavy atom. The molecule has 1 atom stereocenters. The van der Waals surface area contributed by atoms with Crippen LogP contribution in [0.2, 0.25) is 0 Å². The maximum atomic E-state index is 12.3. The smallest absolute Gasteiger partial charge is 0.406 e. The Morgan fingerprint density at radius 2 is 1.90 bits per heavy atom. The molecule has 4 rings (SSSR count). The predicted molar refractivity (Wildman–Crippen MR) is 110 cm³/mol. The van der Waals surface area contributed by atoms with E-state index in [2.05, 4.69) is 25.0 Å². The van der Waals surface area contributed by atoms with E-state index in [4.69, 9.17) is 0 Å². The molecule has 2 aromatic carbocycles. The van der Waals surface area contributed by atoms with Gasteiger partial charge < -0.3 is 15.0 Å². The summed E-state index contributed by atoms with van der Waals surface area (Å²) in [7, 11) is 0. The number of hydrogen-bond donors (Lipinski definition) is 2. The number of anilines is 1. The first-order chi connectivity index (χ1) is 14.7. The van der Waals surface area contributed by atoms with Crippen LogP contribution in [0.15, 0.2) is 53.5 Å². The number of H-pyrrole nitrogens is 1. The zero-order chi connectivity index (χ0) is 22.0. The van der Waals surface area contributed by atoms with Gasteiger partial charge in [-0.3, -0.25) is 9.59 Å². The molecule has 0 saturated carbocycles. The second-order valence-electron chi connectivity index (χ2n) is 6.65. The summed E-state index contributed by atoms with van der Waals surface area (Å²) in [5, 5.41) is 2.46. The summed E-state index contributed by atoms with van der Waals surface area (Å²) in [6, 6.07) is 12.3. The molecule has 160 valence electrons. The van der Waals surface area contributed by atoms with Gasteiger partial charge >= 0.3 is 6.36 Å². The quantitative estimate of drug-likeness (QED) is 0.593. The number of ether oxygens (including phenoxy) is 1. The minimum atomic E-state index is -4.79. The Balaban J connectivity index is 1.30. The zero-order valence-electron chi connectivity index (χ0n) is 15.8. The van der Waals surface area contributed by atoms with Gasteiger partial charge in [0.05, 0.1) is 22.5 Å². The number of nitrogens with one attached hydrogen (secondary N) is 2. The Kier molecular flexibility index (Phi) is 5.68. The number of aliphatic imine (C=N–C) groups is 1. The van der Waals surface area contributed by atoms with Crippen LogP contribution in [0.1, 0.15) is 12.2 Å².